The Morgan fingerprint density at radius 2 is 0.957 bits per heavy atom. The second kappa shape index (κ2) is 7.31. The van der Waals surface area contributed by atoms with Crippen molar-refractivity contribution in [1.29, 1.82) is 0 Å². The molecule has 1 N–H and O–H groups in total. The molecule has 0 atom stereocenters. The molecule has 0 saturated heterocycles. The monoisotopic (exact) mass is 485 g/mol. The molecule has 0 aromatic heterocycles. The van der Waals surface area contributed by atoms with Crippen molar-refractivity contribution in [3.8, 4) is 0 Å². The Morgan fingerprint density at radius 1 is 0.652 bits per heavy atom. The minimum atomic E-state index is -2.18. The first-order chi connectivity index (χ1) is 11.3. The fourth-order valence-corrected chi connectivity index (χ4v) is 11.2. The average Bonchev–Trinajstić information content (AvgIpc) is 2.65. The standard InChI is InChI=1S/C20H19NSi.W/c1-21-17-22(18-11-5-2-6-12-18,19-13-7-3-8-14-19)20-15-9-4-10-16-20;/h2-16,21H,1H3;. The van der Waals surface area contributed by atoms with E-state index in [2.05, 4.69) is 103 Å². The van der Waals surface area contributed by atoms with Crippen LogP contribution in [0.5, 0.6) is 0 Å². The molecule has 0 heterocycles. The first-order valence-corrected chi connectivity index (χ1v) is 11.2. The van der Waals surface area contributed by atoms with E-state index in [9.17, 15) is 0 Å². The third-order valence-corrected chi connectivity index (χ3v) is 12.8. The molecule has 23 heavy (non-hydrogen) atoms. The Bertz CT molecular complexity index is 676. The van der Waals surface area contributed by atoms with Gasteiger partial charge in [0.05, 0.1) is 0 Å². The molecule has 0 radical (unpaired) electrons. The maximum atomic E-state index is 3.52. The second-order valence-corrected chi connectivity index (χ2v) is 12.0. The molecule has 0 saturated carbocycles. The van der Waals surface area contributed by atoms with Gasteiger partial charge in [-0.15, -0.1) is 0 Å². The molecule has 0 bridgehead atoms. The van der Waals surface area contributed by atoms with E-state index >= 15 is 0 Å². The molecule has 0 fully saturated rings. The molecule has 0 amide bonds. The van der Waals surface area contributed by atoms with Crippen LogP contribution in [0.15, 0.2) is 91.0 Å². The zero-order valence-corrected chi connectivity index (χ0v) is 17.0. The van der Waals surface area contributed by atoms with E-state index < -0.39 is 8.07 Å². The summed E-state index contributed by atoms with van der Waals surface area (Å²) < 4.78 is 1.43. The molecule has 1 nitrogen and oxygen atoms in total. The molecule has 0 aliphatic heterocycles. The first kappa shape index (κ1) is 16.3. The van der Waals surface area contributed by atoms with Gasteiger partial charge in [0.15, 0.2) is 0 Å². The van der Waals surface area contributed by atoms with E-state index in [1.165, 1.54) is 38.6 Å². The van der Waals surface area contributed by atoms with Crippen LogP contribution in [0.3, 0.4) is 0 Å². The van der Waals surface area contributed by atoms with Crippen LogP contribution in [0.4, 0.5) is 0 Å². The normalized spacial score (nSPS) is 11.2. The van der Waals surface area contributed by atoms with E-state index in [4.69, 9.17) is 0 Å². The van der Waals surface area contributed by atoms with Crippen LogP contribution in [0.2, 0.25) is 0 Å². The predicted molar refractivity (Wildman–Crippen MR) is 98.0 cm³/mol. The number of hydrogen-bond donors (Lipinski definition) is 1. The SMILES string of the molecule is CN[C](=[W])[Si](c1ccccc1)(c1ccccc1)c1ccccc1. The molecule has 114 valence electrons. The Balaban J connectivity index is 2.38. The molecule has 0 spiro atoms. The van der Waals surface area contributed by atoms with Gasteiger partial charge in [0, 0.05) is 0 Å². The van der Waals surface area contributed by atoms with Crippen LogP contribution in [0, 0.1) is 0 Å². The van der Waals surface area contributed by atoms with Crippen molar-refractivity contribution >= 4 is 27.3 Å². The fourth-order valence-electron chi connectivity index (χ4n) is 3.15. The molecule has 3 heteroatoms. The Hall–Kier alpha value is -1.60. The van der Waals surface area contributed by atoms with Crippen LogP contribution < -0.4 is 20.9 Å². The van der Waals surface area contributed by atoms with Crippen molar-refractivity contribution < 1.29 is 19.4 Å². The third kappa shape index (κ3) is 2.95. The number of nitrogens with one attached hydrogen (secondary N) is 1. The summed E-state index contributed by atoms with van der Waals surface area (Å²) in [4.78, 5) is 0. The molecule has 3 rings (SSSR count). The molecular formula is C20H19NSiW. The van der Waals surface area contributed by atoms with Crippen molar-refractivity contribution in [3.05, 3.63) is 91.0 Å². The summed E-state index contributed by atoms with van der Waals surface area (Å²) in [5, 5.41) is 7.80. The summed E-state index contributed by atoms with van der Waals surface area (Å²) in [6, 6.07) is 32.9. The van der Waals surface area contributed by atoms with Crippen molar-refractivity contribution in [2.45, 2.75) is 0 Å². The first-order valence-electron chi connectivity index (χ1n) is 7.69. The van der Waals surface area contributed by atoms with Gasteiger partial charge in [-0.1, -0.05) is 0 Å². The zero-order valence-electron chi connectivity index (χ0n) is 13.1. The predicted octanol–water partition coefficient (Wildman–Crippen LogP) is 1.59. The third-order valence-electron chi connectivity index (χ3n) is 4.19. The van der Waals surface area contributed by atoms with Crippen molar-refractivity contribution in [3.63, 3.8) is 0 Å². The Labute approximate surface area is 149 Å². The summed E-state index contributed by atoms with van der Waals surface area (Å²) in [7, 11) is -0.130. The molecule has 0 aliphatic rings. The molecule has 3 aromatic carbocycles. The number of rotatable bonds is 5. The molecule has 3 aromatic rings. The van der Waals surface area contributed by atoms with Gasteiger partial charge in [0.25, 0.3) is 0 Å². The number of benzene rings is 3. The molecular weight excluding hydrogens is 466 g/mol. The topological polar surface area (TPSA) is 12.0 Å². The van der Waals surface area contributed by atoms with Gasteiger partial charge in [0.1, 0.15) is 0 Å². The van der Waals surface area contributed by atoms with Gasteiger partial charge >= 0.3 is 150 Å². The Kier molecular flexibility index (Phi) is 5.17. The fraction of sp³-hybridized carbons (Fsp3) is 0.0500. The van der Waals surface area contributed by atoms with Crippen LogP contribution in [-0.2, 0) is 19.4 Å². The summed E-state index contributed by atoms with van der Waals surface area (Å²) in [6.45, 7) is 0. The summed E-state index contributed by atoms with van der Waals surface area (Å²) in [5.41, 5.74) is 0. The van der Waals surface area contributed by atoms with E-state index in [0.717, 1.165) is 0 Å². The summed E-state index contributed by atoms with van der Waals surface area (Å²) in [6.07, 6.45) is 0. The molecule has 0 aliphatic carbocycles. The van der Waals surface area contributed by atoms with Gasteiger partial charge in [-0.25, -0.2) is 0 Å². The second-order valence-electron chi connectivity index (χ2n) is 5.43. The van der Waals surface area contributed by atoms with Crippen LogP contribution in [0.25, 0.3) is 0 Å². The molecule has 0 unspecified atom stereocenters. The van der Waals surface area contributed by atoms with Gasteiger partial charge in [-0.2, -0.15) is 0 Å². The zero-order chi connectivity index (χ0) is 16.1. The van der Waals surface area contributed by atoms with Gasteiger partial charge in [0.2, 0.25) is 0 Å². The summed E-state index contributed by atoms with van der Waals surface area (Å²) in [5.74, 6) is 0. The van der Waals surface area contributed by atoms with Gasteiger partial charge in [-0.05, 0) is 0 Å². The van der Waals surface area contributed by atoms with E-state index in [1.807, 2.05) is 0 Å². The van der Waals surface area contributed by atoms with E-state index in [-0.39, 0.29) is 0 Å². The maximum absolute atomic E-state index is 3.52. The van der Waals surface area contributed by atoms with E-state index in [0.29, 0.717) is 0 Å². The van der Waals surface area contributed by atoms with Crippen LogP contribution >= 0.6 is 0 Å². The van der Waals surface area contributed by atoms with Gasteiger partial charge in [-0.3, -0.25) is 0 Å². The Morgan fingerprint density at radius 3 is 1.22 bits per heavy atom. The number of hydrogen-bond acceptors (Lipinski definition) is 1. The van der Waals surface area contributed by atoms with Crippen LogP contribution in [-0.4, -0.2) is 18.8 Å². The van der Waals surface area contributed by atoms with Crippen molar-refractivity contribution in [2.75, 3.05) is 7.05 Å². The average molecular weight is 485 g/mol. The van der Waals surface area contributed by atoms with Crippen molar-refractivity contribution in [2.24, 2.45) is 0 Å². The quantitative estimate of drug-likeness (QED) is 0.428. The summed E-state index contributed by atoms with van der Waals surface area (Å²) >= 11 is 1.51. The van der Waals surface area contributed by atoms with Crippen molar-refractivity contribution in [1.82, 2.24) is 5.32 Å². The van der Waals surface area contributed by atoms with Gasteiger partial charge < -0.3 is 0 Å². The van der Waals surface area contributed by atoms with Crippen LogP contribution in [0.1, 0.15) is 0 Å². The minimum absolute atomic E-state index is 1.43. The van der Waals surface area contributed by atoms with E-state index in [1.54, 1.807) is 0 Å².